The molecular formula is C46H90NO6P. The zero-order valence-corrected chi connectivity index (χ0v) is 36.5. The fraction of sp³-hybridized carbons (Fsp3) is 0.891. The van der Waals surface area contributed by atoms with Crippen molar-refractivity contribution in [1.29, 1.82) is 0 Å². The standard InChI is InChI=1S/C46H90NO6P/c1-3-5-7-9-11-13-15-17-19-20-21-22-23-24-25-26-28-30-32-34-36-38-40-42-46(49)47-44(43-53-54(50,51)52)45(48)41-39-37-35-33-31-29-27-18-16-14-12-10-8-6-4-2/h17,19,39,41,44-45,48H,3-16,18,20-38,40,42-43H2,1-2H3,(H,47,49)(H2,50,51,52). The smallest absolute Gasteiger partial charge is 0.387 e. The van der Waals surface area contributed by atoms with Gasteiger partial charge in [0.1, 0.15) is 0 Å². The van der Waals surface area contributed by atoms with Gasteiger partial charge in [-0.3, -0.25) is 9.32 Å². The fourth-order valence-corrected chi connectivity index (χ4v) is 7.46. The first kappa shape index (κ1) is 53.0. The van der Waals surface area contributed by atoms with Crippen LogP contribution in [0.15, 0.2) is 24.3 Å². The Labute approximate surface area is 335 Å². The SMILES string of the molecule is CCCCCCCCC=CCCCCCCCCCCCCCCCC(=O)NC(COP(=O)(O)O)C(O)C=CCCCCCCCCCCCCCCC. The molecule has 0 aromatic carbocycles. The van der Waals surface area contributed by atoms with Crippen LogP contribution in [0.2, 0.25) is 0 Å². The lowest BCUT2D eigenvalue weighted by Gasteiger charge is -2.22. The van der Waals surface area contributed by atoms with Crippen LogP contribution in [-0.2, 0) is 13.9 Å². The normalized spacial score (nSPS) is 13.4. The Kier molecular flexibility index (Phi) is 40.9. The van der Waals surface area contributed by atoms with Crippen molar-refractivity contribution < 1.29 is 28.8 Å². The number of hydrogen-bond donors (Lipinski definition) is 4. The minimum atomic E-state index is -4.71. The zero-order valence-electron chi connectivity index (χ0n) is 35.6. The van der Waals surface area contributed by atoms with Crippen LogP contribution in [-0.4, -0.2) is 39.6 Å². The molecule has 7 nitrogen and oxygen atoms in total. The first-order valence-electron chi connectivity index (χ1n) is 23.3. The number of carbonyl (C=O) groups excluding carboxylic acids is 1. The van der Waals surface area contributed by atoms with Crippen LogP contribution in [0.5, 0.6) is 0 Å². The summed E-state index contributed by atoms with van der Waals surface area (Å²) in [6.07, 6.45) is 52.1. The minimum Gasteiger partial charge on any atom is -0.387 e. The summed E-state index contributed by atoms with van der Waals surface area (Å²) >= 11 is 0. The Morgan fingerprint density at radius 1 is 0.519 bits per heavy atom. The van der Waals surface area contributed by atoms with Gasteiger partial charge in [-0.25, -0.2) is 4.57 Å². The van der Waals surface area contributed by atoms with Gasteiger partial charge in [-0.2, -0.15) is 0 Å². The van der Waals surface area contributed by atoms with Gasteiger partial charge < -0.3 is 20.2 Å². The summed E-state index contributed by atoms with van der Waals surface area (Å²) in [5, 5.41) is 13.4. The summed E-state index contributed by atoms with van der Waals surface area (Å²) in [6.45, 7) is 4.09. The summed E-state index contributed by atoms with van der Waals surface area (Å²) in [6, 6.07) is -0.908. The van der Waals surface area contributed by atoms with Crippen molar-refractivity contribution in [3.05, 3.63) is 24.3 Å². The van der Waals surface area contributed by atoms with Crippen molar-refractivity contribution in [2.45, 2.75) is 257 Å². The highest BCUT2D eigenvalue weighted by Gasteiger charge is 2.24. The van der Waals surface area contributed by atoms with Crippen LogP contribution >= 0.6 is 7.82 Å². The van der Waals surface area contributed by atoms with E-state index in [1.807, 2.05) is 6.08 Å². The maximum absolute atomic E-state index is 12.6. The molecule has 0 spiro atoms. The van der Waals surface area contributed by atoms with Gasteiger partial charge in [0.2, 0.25) is 5.91 Å². The summed E-state index contributed by atoms with van der Waals surface area (Å²) in [5.41, 5.74) is 0. The second-order valence-electron chi connectivity index (χ2n) is 16.1. The van der Waals surface area contributed by atoms with Gasteiger partial charge in [0.05, 0.1) is 18.8 Å². The van der Waals surface area contributed by atoms with Crippen LogP contribution in [0.25, 0.3) is 0 Å². The van der Waals surface area contributed by atoms with Gasteiger partial charge in [-0.1, -0.05) is 218 Å². The van der Waals surface area contributed by atoms with E-state index >= 15 is 0 Å². The van der Waals surface area contributed by atoms with Gasteiger partial charge in [-0.05, 0) is 44.9 Å². The molecule has 0 saturated heterocycles. The molecule has 2 atom stereocenters. The lowest BCUT2D eigenvalue weighted by atomic mass is 10.0. The average Bonchev–Trinajstić information content (AvgIpc) is 3.14. The van der Waals surface area contributed by atoms with E-state index in [-0.39, 0.29) is 5.91 Å². The van der Waals surface area contributed by atoms with E-state index in [1.165, 1.54) is 186 Å². The molecule has 0 aliphatic rings. The molecule has 0 heterocycles. The maximum atomic E-state index is 12.6. The fourth-order valence-electron chi connectivity index (χ4n) is 7.10. The van der Waals surface area contributed by atoms with Crippen LogP contribution in [0, 0.1) is 0 Å². The maximum Gasteiger partial charge on any atom is 0.469 e. The summed E-state index contributed by atoms with van der Waals surface area (Å²) in [7, 11) is -4.71. The third-order valence-electron chi connectivity index (χ3n) is 10.7. The van der Waals surface area contributed by atoms with E-state index in [0.29, 0.717) is 6.42 Å². The summed E-state index contributed by atoms with van der Waals surface area (Å²) < 4.78 is 15.9. The monoisotopic (exact) mass is 784 g/mol. The van der Waals surface area contributed by atoms with Crippen molar-refractivity contribution in [3.63, 3.8) is 0 Å². The largest absolute Gasteiger partial charge is 0.469 e. The quantitative estimate of drug-likeness (QED) is 0.0278. The molecular weight excluding hydrogens is 693 g/mol. The number of allylic oxidation sites excluding steroid dienone is 3. The summed E-state index contributed by atoms with van der Waals surface area (Å²) in [4.78, 5) is 31.0. The van der Waals surface area contributed by atoms with Crippen molar-refractivity contribution >= 4 is 13.7 Å². The van der Waals surface area contributed by atoms with E-state index in [2.05, 4.69) is 35.8 Å². The molecule has 4 N–H and O–H groups in total. The van der Waals surface area contributed by atoms with Crippen LogP contribution in [0.4, 0.5) is 0 Å². The topological polar surface area (TPSA) is 116 Å². The van der Waals surface area contributed by atoms with Crippen molar-refractivity contribution in [3.8, 4) is 0 Å². The summed E-state index contributed by atoms with van der Waals surface area (Å²) in [5.74, 6) is -0.224. The molecule has 0 aromatic rings. The Bertz CT molecular complexity index is 890. The van der Waals surface area contributed by atoms with Gasteiger partial charge in [-0.15, -0.1) is 0 Å². The number of carbonyl (C=O) groups is 1. The van der Waals surface area contributed by atoms with Crippen molar-refractivity contribution in [2.24, 2.45) is 0 Å². The number of phosphoric acid groups is 1. The van der Waals surface area contributed by atoms with E-state index in [4.69, 9.17) is 0 Å². The van der Waals surface area contributed by atoms with Gasteiger partial charge in [0.15, 0.2) is 0 Å². The Hall–Kier alpha value is -0.980. The zero-order chi connectivity index (χ0) is 39.6. The van der Waals surface area contributed by atoms with Crippen molar-refractivity contribution in [2.75, 3.05) is 6.61 Å². The molecule has 0 bridgehead atoms. The number of phosphoric ester groups is 1. The number of rotatable bonds is 43. The number of nitrogens with one attached hydrogen (secondary N) is 1. The first-order chi connectivity index (χ1) is 26.3. The van der Waals surface area contributed by atoms with E-state index in [1.54, 1.807) is 6.08 Å². The molecule has 0 aliphatic heterocycles. The molecule has 0 aromatic heterocycles. The van der Waals surface area contributed by atoms with Crippen molar-refractivity contribution in [1.82, 2.24) is 5.32 Å². The highest BCUT2D eigenvalue weighted by molar-refractivity contribution is 7.46. The van der Waals surface area contributed by atoms with E-state index in [0.717, 1.165) is 38.5 Å². The predicted molar refractivity (Wildman–Crippen MR) is 232 cm³/mol. The Morgan fingerprint density at radius 2 is 0.833 bits per heavy atom. The van der Waals surface area contributed by atoms with Crippen LogP contribution < -0.4 is 5.32 Å². The third kappa shape index (κ3) is 42.2. The molecule has 54 heavy (non-hydrogen) atoms. The number of amides is 1. The van der Waals surface area contributed by atoms with E-state index < -0.39 is 26.6 Å². The molecule has 0 rings (SSSR count). The molecule has 0 radical (unpaired) electrons. The molecule has 1 amide bonds. The highest BCUT2D eigenvalue weighted by atomic mass is 31.2. The Morgan fingerprint density at radius 3 is 1.19 bits per heavy atom. The Balaban J connectivity index is 3.86. The van der Waals surface area contributed by atoms with Gasteiger partial charge in [0.25, 0.3) is 0 Å². The molecule has 2 unspecified atom stereocenters. The molecule has 320 valence electrons. The third-order valence-corrected chi connectivity index (χ3v) is 11.1. The highest BCUT2D eigenvalue weighted by Crippen LogP contribution is 2.35. The second-order valence-corrected chi connectivity index (χ2v) is 17.3. The second kappa shape index (κ2) is 41.6. The molecule has 0 fully saturated rings. The predicted octanol–water partition coefficient (Wildman–Crippen LogP) is 14.1. The lowest BCUT2D eigenvalue weighted by molar-refractivity contribution is -0.123. The number of hydrogen-bond acceptors (Lipinski definition) is 4. The molecule has 8 heteroatoms. The number of aliphatic hydroxyl groups is 1. The average molecular weight is 784 g/mol. The number of aliphatic hydroxyl groups excluding tert-OH is 1. The van der Waals surface area contributed by atoms with Gasteiger partial charge in [0, 0.05) is 6.42 Å². The minimum absolute atomic E-state index is 0.224. The molecule has 0 saturated carbocycles. The first-order valence-corrected chi connectivity index (χ1v) is 24.8. The lowest BCUT2D eigenvalue weighted by Crippen LogP contribution is -2.45. The van der Waals surface area contributed by atoms with Gasteiger partial charge >= 0.3 is 7.82 Å². The molecule has 0 aliphatic carbocycles. The van der Waals surface area contributed by atoms with Crippen LogP contribution in [0.3, 0.4) is 0 Å². The van der Waals surface area contributed by atoms with Crippen LogP contribution in [0.1, 0.15) is 245 Å². The van der Waals surface area contributed by atoms with E-state index in [9.17, 15) is 24.3 Å². The number of unbranched alkanes of at least 4 members (excludes halogenated alkanes) is 32.